The number of aromatic carboxylic acids is 1. The van der Waals surface area contributed by atoms with E-state index >= 15 is 0 Å². The van der Waals surface area contributed by atoms with Gasteiger partial charge in [-0.15, -0.1) is 0 Å². The van der Waals surface area contributed by atoms with Gasteiger partial charge >= 0.3 is 12.1 Å². The quantitative estimate of drug-likeness (QED) is 0.885. The molecule has 1 aromatic carbocycles. The van der Waals surface area contributed by atoms with Crippen LogP contribution in [0.2, 0.25) is 0 Å². The van der Waals surface area contributed by atoms with Crippen LogP contribution in [0.15, 0.2) is 24.3 Å². The molecule has 1 N–H and O–H groups in total. The van der Waals surface area contributed by atoms with Crippen molar-refractivity contribution in [2.45, 2.75) is 26.1 Å². The van der Waals surface area contributed by atoms with Crippen LogP contribution in [-0.2, 0) is 19.1 Å². The van der Waals surface area contributed by atoms with Gasteiger partial charge in [0.2, 0.25) is 5.82 Å². The van der Waals surface area contributed by atoms with Crippen molar-refractivity contribution < 1.29 is 27.9 Å². The van der Waals surface area contributed by atoms with Gasteiger partial charge in [-0.25, -0.2) is 14.8 Å². The third kappa shape index (κ3) is 3.51. The summed E-state index contributed by atoms with van der Waals surface area (Å²) in [5.41, 5.74) is 1.37. The minimum atomic E-state index is -4.74. The van der Waals surface area contributed by atoms with Gasteiger partial charge in [-0.2, -0.15) is 13.2 Å². The number of carboxylic acid groups (broad SMARTS) is 1. The van der Waals surface area contributed by atoms with Crippen molar-refractivity contribution >= 4 is 11.9 Å². The lowest BCUT2D eigenvalue weighted by Gasteiger charge is -2.29. The predicted octanol–water partition coefficient (Wildman–Crippen LogP) is 2.70. The standard InChI is InChI=1S/C17H14F3N3O3/c1-9-6-13(22-16(21-9)17(18,19)20)14(24)23-5-4-10-2-3-11(15(25)26)7-12(10)8-23/h2-3,6-7H,4-5,8H2,1H3,(H,25,26). The molecule has 1 aliphatic rings. The van der Waals surface area contributed by atoms with Crippen LogP contribution in [0.5, 0.6) is 0 Å². The van der Waals surface area contributed by atoms with E-state index in [0.29, 0.717) is 18.5 Å². The van der Waals surface area contributed by atoms with Crippen molar-refractivity contribution in [1.29, 1.82) is 0 Å². The second-order valence-electron chi connectivity index (χ2n) is 5.98. The Morgan fingerprint density at radius 2 is 1.88 bits per heavy atom. The molecule has 0 fully saturated rings. The number of hydrogen-bond acceptors (Lipinski definition) is 4. The Labute approximate surface area is 146 Å². The molecule has 0 radical (unpaired) electrons. The van der Waals surface area contributed by atoms with Crippen LogP contribution in [-0.4, -0.2) is 38.4 Å². The summed E-state index contributed by atoms with van der Waals surface area (Å²) < 4.78 is 38.6. The molecular formula is C17H14F3N3O3. The molecule has 0 aliphatic carbocycles. The monoisotopic (exact) mass is 365 g/mol. The number of fused-ring (bicyclic) bond motifs is 1. The lowest BCUT2D eigenvalue weighted by Crippen LogP contribution is -2.37. The van der Waals surface area contributed by atoms with E-state index in [-0.39, 0.29) is 23.5 Å². The molecule has 0 saturated heterocycles. The average Bonchev–Trinajstić information content (AvgIpc) is 2.58. The molecule has 0 bridgehead atoms. The summed E-state index contributed by atoms with van der Waals surface area (Å²) in [6.07, 6.45) is -4.26. The van der Waals surface area contributed by atoms with Crippen molar-refractivity contribution in [3.63, 3.8) is 0 Å². The predicted molar refractivity (Wildman–Crippen MR) is 83.6 cm³/mol. The topological polar surface area (TPSA) is 83.4 Å². The minimum absolute atomic E-state index is 0.0428. The summed E-state index contributed by atoms with van der Waals surface area (Å²) >= 11 is 0. The van der Waals surface area contributed by atoms with Crippen LogP contribution in [0.1, 0.15) is 43.5 Å². The Morgan fingerprint density at radius 1 is 1.15 bits per heavy atom. The van der Waals surface area contributed by atoms with Crippen molar-refractivity contribution in [1.82, 2.24) is 14.9 Å². The number of carbonyl (C=O) groups is 2. The summed E-state index contributed by atoms with van der Waals surface area (Å²) in [6, 6.07) is 5.86. The normalized spacial score (nSPS) is 14.1. The highest BCUT2D eigenvalue weighted by Crippen LogP contribution is 2.27. The summed E-state index contributed by atoms with van der Waals surface area (Å²) in [7, 11) is 0. The molecule has 2 heterocycles. The Balaban J connectivity index is 1.89. The SMILES string of the molecule is Cc1cc(C(=O)N2CCc3ccc(C(=O)O)cc3C2)nc(C(F)(F)F)n1. The molecule has 0 atom stereocenters. The van der Waals surface area contributed by atoms with E-state index in [1.54, 1.807) is 6.07 Å². The number of amides is 1. The fourth-order valence-corrected chi connectivity index (χ4v) is 2.83. The molecular weight excluding hydrogens is 351 g/mol. The van der Waals surface area contributed by atoms with Gasteiger partial charge in [-0.3, -0.25) is 4.79 Å². The number of halogens is 3. The number of benzene rings is 1. The molecule has 0 spiro atoms. The van der Waals surface area contributed by atoms with Crippen molar-refractivity contribution in [2.75, 3.05) is 6.54 Å². The maximum absolute atomic E-state index is 12.9. The Morgan fingerprint density at radius 3 is 2.54 bits per heavy atom. The fraction of sp³-hybridized carbons (Fsp3) is 0.294. The third-order valence-electron chi connectivity index (χ3n) is 4.08. The molecule has 26 heavy (non-hydrogen) atoms. The summed E-state index contributed by atoms with van der Waals surface area (Å²) in [5, 5.41) is 9.07. The highest BCUT2D eigenvalue weighted by Gasteiger charge is 2.36. The largest absolute Gasteiger partial charge is 0.478 e. The van der Waals surface area contributed by atoms with Crippen molar-refractivity contribution in [3.8, 4) is 0 Å². The first-order chi connectivity index (χ1) is 12.1. The average molecular weight is 365 g/mol. The van der Waals surface area contributed by atoms with Crippen molar-refractivity contribution in [3.05, 3.63) is 58.2 Å². The highest BCUT2D eigenvalue weighted by molar-refractivity contribution is 5.92. The number of rotatable bonds is 2. The Kier molecular flexibility index (Phi) is 4.39. The number of alkyl halides is 3. The van der Waals surface area contributed by atoms with Crippen LogP contribution >= 0.6 is 0 Å². The lowest BCUT2D eigenvalue weighted by molar-refractivity contribution is -0.145. The molecule has 1 amide bonds. The number of carbonyl (C=O) groups excluding carboxylic acids is 1. The minimum Gasteiger partial charge on any atom is -0.478 e. The van der Waals surface area contributed by atoms with E-state index in [2.05, 4.69) is 9.97 Å². The molecule has 6 nitrogen and oxygen atoms in total. The molecule has 3 rings (SSSR count). The summed E-state index contributed by atoms with van der Waals surface area (Å²) in [4.78, 5) is 31.7. The van der Waals surface area contributed by atoms with E-state index in [0.717, 1.165) is 5.56 Å². The first kappa shape index (κ1) is 17.8. The number of carboxylic acids is 1. The second kappa shape index (κ2) is 6.40. The van der Waals surface area contributed by atoms with Crippen LogP contribution in [0, 0.1) is 6.92 Å². The zero-order chi connectivity index (χ0) is 19.1. The van der Waals surface area contributed by atoms with Gasteiger partial charge in [0.15, 0.2) is 0 Å². The smallest absolute Gasteiger partial charge is 0.451 e. The maximum atomic E-state index is 12.9. The van der Waals surface area contributed by atoms with Gasteiger partial charge < -0.3 is 10.0 Å². The summed E-state index contributed by atoms with van der Waals surface area (Å²) in [5.74, 6) is -3.09. The van der Waals surface area contributed by atoms with E-state index in [4.69, 9.17) is 5.11 Å². The van der Waals surface area contributed by atoms with Crippen LogP contribution in [0.3, 0.4) is 0 Å². The van der Waals surface area contributed by atoms with Crippen molar-refractivity contribution in [2.24, 2.45) is 0 Å². The van der Waals surface area contributed by atoms with E-state index in [1.807, 2.05) is 0 Å². The number of aromatic nitrogens is 2. The molecule has 136 valence electrons. The second-order valence-corrected chi connectivity index (χ2v) is 5.98. The van der Waals surface area contributed by atoms with Crippen LogP contribution in [0.25, 0.3) is 0 Å². The molecule has 0 unspecified atom stereocenters. The fourth-order valence-electron chi connectivity index (χ4n) is 2.83. The zero-order valence-corrected chi connectivity index (χ0v) is 13.7. The zero-order valence-electron chi connectivity index (χ0n) is 13.7. The van der Waals surface area contributed by atoms with Gasteiger partial charge in [0.1, 0.15) is 5.69 Å². The summed E-state index contributed by atoms with van der Waals surface area (Å²) in [6.45, 7) is 1.78. The Bertz CT molecular complexity index is 897. The van der Waals surface area contributed by atoms with Gasteiger partial charge in [0.25, 0.3) is 5.91 Å². The van der Waals surface area contributed by atoms with Gasteiger partial charge in [-0.05, 0) is 42.7 Å². The molecule has 9 heteroatoms. The number of nitrogens with zero attached hydrogens (tertiary/aromatic N) is 3. The Hall–Kier alpha value is -2.97. The van der Waals surface area contributed by atoms with Gasteiger partial charge in [-0.1, -0.05) is 6.07 Å². The van der Waals surface area contributed by atoms with Crippen LogP contribution < -0.4 is 0 Å². The molecule has 2 aromatic rings. The molecule has 1 aromatic heterocycles. The third-order valence-corrected chi connectivity index (χ3v) is 4.08. The molecule has 1 aliphatic heterocycles. The van der Waals surface area contributed by atoms with Crippen LogP contribution in [0.4, 0.5) is 13.2 Å². The highest BCUT2D eigenvalue weighted by atomic mass is 19.4. The van der Waals surface area contributed by atoms with E-state index < -0.39 is 23.9 Å². The first-order valence-corrected chi connectivity index (χ1v) is 7.72. The van der Waals surface area contributed by atoms with E-state index in [9.17, 15) is 22.8 Å². The van der Waals surface area contributed by atoms with Gasteiger partial charge in [0.05, 0.1) is 5.56 Å². The first-order valence-electron chi connectivity index (χ1n) is 7.72. The number of hydrogen-bond donors (Lipinski definition) is 1. The maximum Gasteiger partial charge on any atom is 0.451 e. The van der Waals surface area contributed by atoms with Gasteiger partial charge in [0, 0.05) is 18.8 Å². The van der Waals surface area contributed by atoms with E-state index in [1.165, 1.54) is 30.0 Å². The molecule has 0 saturated carbocycles. The lowest BCUT2D eigenvalue weighted by atomic mass is 9.97. The number of aryl methyl sites for hydroxylation is 1.